The molecule has 0 spiro atoms. The molecular formula is C16H23NO2. The van der Waals surface area contributed by atoms with Gasteiger partial charge in [-0.25, -0.2) is 0 Å². The topological polar surface area (TPSA) is 43.7 Å². The van der Waals surface area contributed by atoms with Crippen molar-refractivity contribution < 1.29 is 10.2 Å². The lowest BCUT2D eigenvalue weighted by Crippen LogP contribution is -2.35. The van der Waals surface area contributed by atoms with Crippen molar-refractivity contribution in [2.45, 2.75) is 31.5 Å². The summed E-state index contributed by atoms with van der Waals surface area (Å²) in [5.41, 5.74) is 0.851. The molecule has 0 bridgehead atoms. The van der Waals surface area contributed by atoms with E-state index in [2.05, 4.69) is 4.90 Å². The maximum Gasteiger partial charge on any atom is 0.0972 e. The molecule has 1 aromatic carbocycles. The first-order valence-electron chi connectivity index (χ1n) is 7.07. The van der Waals surface area contributed by atoms with Gasteiger partial charge >= 0.3 is 0 Å². The largest absolute Gasteiger partial charge is 0.388 e. The second-order valence-electron chi connectivity index (χ2n) is 5.17. The number of rotatable bonds is 5. The van der Waals surface area contributed by atoms with E-state index in [9.17, 15) is 10.2 Å². The Kier molecular flexibility index (Phi) is 5.58. The quantitative estimate of drug-likeness (QED) is 0.798. The van der Waals surface area contributed by atoms with Crippen LogP contribution in [0.15, 0.2) is 42.5 Å². The Balaban J connectivity index is 1.80. The number of hydrogen-bond acceptors (Lipinski definition) is 3. The van der Waals surface area contributed by atoms with Crippen LogP contribution in [0.2, 0.25) is 0 Å². The normalized spacial score (nSPS) is 20.5. The van der Waals surface area contributed by atoms with Crippen molar-refractivity contribution in [3.05, 3.63) is 48.0 Å². The predicted molar refractivity (Wildman–Crippen MR) is 76.8 cm³/mol. The molecule has 0 aromatic heterocycles. The van der Waals surface area contributed by atoms with E-state index < -0.39 is 12.2 Å². The van der Waals surface area contributed by atoms with Gasteiger partial charge in [0.25, 0.3) is 0 Å². The molecule has 1 fully saturated rings. The number of β-amino-alcohol motifs (C(OH)–C–C–N with tert-alkyl or cyclic N) is 1. The van der Waals surface area contributed by atoms with E-state index in [-0.39, 0.29) is 0 Å². The Bertz CT molecular complexity index is 385. The molecule has 3 heteroatoms. The highest BCUT2D eigenvalue weighted by Gasteiger charge is 2.13. The Hall–Kier alpha value is -1.16. The van der Waals surface area contributed by atoms with Crippen molar-refractivity contribution in [2.24, 2.45) is 0 Å². The summed E-state index contributed by atoms with van der Waals surface area (Å²) in [7, 11) is 0. The summed E-state index contributed by atoms with van der Waals surface area (Å²) in [5.74, 6) is 0. The highest BCUT2D eigenvalue weighted by molar-refractivity contribution is 5.21. The van der Waals surface area contributed by atoms with Gasteiger partial charge in [-0.3, -0.25) is 0 Å². The lowest BCUT2D eigenvalue weighted by molar-refractivity contribution is 0.130. The van der Waals surface area contributed by atoms with Crippen LogP contribution in [0.25, 0.3) is 0 Å². The van der Waals surface area contributed by atoms with Crippen molar-refractivity contribution >= 4 is 0 Å². The highest BCUT2D eigenvalue weighted by atomic mass is 16.3. The summed E-state index contributed by atoms with van der Waals surface area (Å²) in [6, 6.07) is 9.48. The third-order valence-corrected chi connectivity index (χ3v) is 3.55. The molecular weight excluding hydrogens is 238 g/mol. The van der Waals surface area contributed by atoms with E-state index in [0.717, 1.165) is 18.7 Å². The number of aliphatic hydroxyl groups is 2. The molecule has 1 aliphatic heterocycles. The molecule has 3 nitrogen and oxygen atoms in total. The molecule has 2 rings (SSSR count). The number of piperidine rings is 1. The van der Waals surface area contributed by atoms with Gasteiger partial charge in [0.05, 0.1) is 12.2 Å². The number of hydrogen-bond donors (Lipinski definition) is 2. The fourth-order valence-corrected chi connectivity index (χ4v) is 2.46. The van der Waals surface area contributed by atoms with Crippen molar-refractivity contribution in [3.8, 4) is 0 Å². The SMILES string of the molecule is O[C@H](C=C[C@H](O)c1ccccc1)CN1CCCCC1. The fourth-order valence-electron chi connectivity index (χ4n) is 2.46. The van der Waals surface area contributed by atoms with Gasteiger partial charge in [0.15, 0.2) is 0 Å². The molecule has 104 valence electrons. The van der Waals surface area contributed by atoms with E-state index in [1.165, 1.54) is 19.3 Å². The van der Waals surface area contributed by atoms with Gasteiger partial charge in [-0.1, -0.05) is 48.9 Å². The van der Waals surface area contributed by atoms with Crippen LogP contribution in [0.4, 0.5) is 0 Å². The van der Waals surface area contributed by atoms with Gasteiger partial charge in [0.1, 0.15) is 0 Å². The van der Waals surface area contributed by atoms with Crippen molar-refractivity contribution in [2.75, 3.05) is 19.6 Å². The van der Waals surface area contributed by atoms with Gasteiger partial charge in [-0.05, 0) is 31.5 Å². The zero-order valence-electron chi connectivity index (χ0n) is 11.3. The summed E-state index contributed by atoms with van der Waals surface area (Å²) in [4.78, 5) is 2.29. The van der Waals surface area contributed by atoms with Gasteiger partial charge in [-0.15, -0.1) is 0 Å². The lowest BCUT2D eigenvalue weighted by atomic mass is 10.1. The fraction of sp³-hybridized carbons (Fsp3) is 0.500. The molecule has 0 radical (unpaired) electrons. The maximum absolute atomic E-state index is 9.96. The van der Waals surface area contributed by atoms with Crippen LogP contribution in [0.1, 0.15) is 30.9 Å². The number of nitrogens with zero attached hydrogens (tertiary/aromatic N) is 1. The molecule has 19 heavy (non-hydrogen) atoms. The molecule has 2 atom stereocenters. The van der Waals surface area contributed by atoms with Crippen LogP contribution >= 0.6 is 0 Å². The van der Waals surface area contributed by atoms with Crippen LogP contribution in [-0.4, -0.2) is 40.9 Å². The minimum Gasteiger partial charge on any atom is -0.388 e. The van der Waals surface area contributed by atoms with Crippen LogP contribution in [0.3, 0.4) is 0 Å². The molecule has 0 aliphatic carbocycles. The van der Waals surface area contributed by atoms with Gasteiger partial charge in [-0.2, -0.15) is 0 Å². The number of aliphatic hydroxyl groups excluding tert-OH is 2. The summed E-state index contributed by atoms with van der Waals surface area (Å²) in [6.07, 6.45) is 5.98. The Morgan fingerprint density at radius 3 is 2.37 bits per heavy atom. The third-order valence-electron chi connectivity index (χ3n) is 3.55. The Morgan fingerprint density at radius 2 is 1.68 bits per heavy atom. The molecule has 1 aliphatic rings. The summed E-state index contributed by atoms with van der Waals surface area (Å²) < 4.78 is 0. The molecule has 0 amide bonds. The Morgan fingerprint density at radius 1 is 1.00 bits per heavy atom. The second-order valence-corrected chi connectivity index (χ2v) is 5.17. The molecule has 2 N–H and O–H groups in total. The number of likely N-dealkylation sites (tertiary alicyclic amines) is 1. The minimum absolute atomic E-state index is 0.503. The summed E-state index contributed by atoms with van der Waals surface area (Å²) in [6.45, 7) is 2.82. The van der Waals surface area contributed by atoms with Gasteiger partial charge in [0, 0.05) is 6.54 Å². The second kappa shape index (κ2) is 7.43. The van der Waals surface area contributed by atoms with Gasteiger partial charge < -0.3 is 15.1 Å². The van der Waals surface area contributed by atoms with Crippen LogP contribution in [0.5, 0.6) is 0 Å². The van der Waals surface area contributed by atoms with Crippen LogP contribution in [-0.2, 0) is 0 Å². The predicted octanol–water partition coefficient (Wildman–Crippen LogP) is 2.12. The van der Waals surface area contributed by atoms with E-state index >= 15 is 0 Å². The summed E-state index contributed by atoms with van der Waals surface area (Å²) in [5, 5.41) is 19.9. The first kappa shape index (κ1) is 14.3. The van der Waals surface area contributed by atoms with Crippen LogP contribution < -0.4 is 0 Å². The molecule has 0 unspecified atom stereocenters. The number of benzene rings is 1. The zero-order chi connectivity index (χ0) is 13.5. The van der Waals surface area contributed by atoms with Crippen molar-refractivity contribution in [3.63, 3.8) is 0 Å². The third kappa shape index (κ3) is 4.78. The minimum atomic E-state index is -0.641. The molecule has 1 heterocycles. The standard InChI is InChI=1S/C16H23NO2/c18-15(13-17-11-5-2-6-12-17)9-10-16(19)14-7-3-1-4-8-14/h1,3-4,7-10,15-16,18-19H,2,5-6,11-13H2/t15-,16+/m1/s1. The average molecular weight is 261 g/mol. The van der Waals surface area contributed by atoms with E-state index in [0.29, 0.717) is 6.54 Å². The molecule has 1 saturated heterocycles. The van der Waals surface area contributed by atoms with E-state index in [1.54, 1.807) is 12.2 Å². The van der Waals surface area contributed by atoms with E-state index in [4.69, 9.17) is 0 Å². The first-order chi connectivity index (χ1) is 9.25. The molecule has 0 saturated carbocycles. The van der Waals surface area contributed by atoms with Crippen molar-refractivity contribution in [1.82, 2.24) is 4.90 Å². The smallest absolute Gasteiger partial charge is 0.0972 e. The van der Waals surface area contributed by atoms with E-state index in [1.807, 2.05) is 30.3 Å². The summed E-state index contributed by atoms with van der Waals surface area (Å²) >= 11 is 0. The maximum atomic E-state index is 9.96. The Labute approximate surface area is 115 Å². The molecule has 1 aromatic rings. The van der Waals surface area contributed by atoms with Crippen molar-refractivity contribution in [1.29, 1.82) is 0 Å². The zero-order valence-corrected chi connectivity index (χ0v) is 11.3. The monoisotopic (exact) mass is 261 g/mol. The van der Waals surface area contributed by atoms with Gasteiger partial charge in [0.2, 0.25) is 0 Å². The average Bonchev–Trinajstić information content (AvgIpc) is 2.47. The van der Waals surface area contributed by atoms with Crippen LogP contribution in [0, 0.1) is 0 Å². The highest BCUT2D eigenvalue weighted by Crippen LogP contribution is 2.14. The lowest BCUT2D eigenvalue weighted by Gasteiger charge is -2.27. The first-order valence-corrected chi connectivity index (χ1v) is 7.07.